The maximum Gasteiger partial charge on any atom is 0.276 e. The molecule has 8 heteroatoms. The Bertz CT molecular complexity index is 1280. The van der Waals surface area contributed by atoms with Gasteiger partial charge in [0, 0.05) is 40.6 Å². The van der Waals surface area contributed by atoms with Crippen LogP contribution in [0.25, 0.3) is 17.1 Å². The number of hydrogen-bond donors (Lipinski definition) is 2. The van der Waals surface area contributed by atoms with Gasteiger partial charge in [0.2, 0.25) is 0 Å². The first-order valence-electron chi connectivity index (χ1n) is 10.6. The molecule has 0 amide bonds. The molecule has 0 atom stereocenters. The number of hydrogen-bond acceptors (Lipinski definition) is 4. The van der Waals surface area contributed by atoms with Crippen molar-refractivity contribution in [2.45, 2.75) is 45.4 Å². The smallest absolute Gasteiger partial charge is 0.276 e. The molecule has 0 fully saturated rings. The SMILES string of the molecule is CCc1c(-c2ccc(F)cc2)n[nH]c1Cc1cc(-n2[nH]c3c(c2=O)CCCC3)ncn1. The van der Waals surface area contributed by atoms with Crippen LogP contribution in [-0.4, -0.2) is 29.9 Å². The zero-order valence-corrected chi connectivity index (χ0v) is 17.3. The van der Waals surface area contributed by atoms with E-state index in [4.69, 9.17) is 0 Å². The summed E-state index contributed by atoms with van der Waals surface area (Å²) in [6.45, 7) is 2.07. The lowest BCUT2D eigenvalue weighted by atomic mass is 9.98. The summed E-state index contributed by atoms with van der Waals surface area (Å²) in [5.41, 5.74) is 6.36. The number of aromatic nitrogens is 6. The molecule has 158 valence electrons. The Morgan fingerprint density at radius 1 is 1.13 bits per heavy atom. The molecule has 31 heavy (non-hydrogen) atoms. The van der Waals surface area contributed by atoms with E-state index in [1.165, 1.54) is 23.1 Å². The summed E-state index contributed by atoms with van der Waals surface area (Å²) in [7, 11) is 0. The number of benzene rings is 1. The van der Waals surface area contributed by atoms with Crippen molar-refractivity contribution in [2.24, 2.45) is 0 Å². The Morgan fingerprint density at radius 2 is 1.94 bits per heavy atom. The number of H-pyrrole nitrogens is 2. The van der Waals surface area contributed by atoms with Crippen molar-refractivity contribution in [3.63, 3.8) is 0 Å². The standard InChI is InChI=1S/C23H23FN6O/c1-2-17-20(27-28-22(17)14-7-9-15(24)10-8-14)11-16-12-21(26-13-25-16)30-23(31)18-5-3-4-6-19(18)29-30/h7-10,12-13,29H,2-6,11H2,1H3,(H,27,28). The molecule has 0 spiro atoms. The molecule has 5 rings (SSSR count). The molecule has 2 N–H and O–H groups in total. The average molecular weight is 418 g/mol. The molecule has 3 heterocycles. The van der Waals surface area contributed by atoms with E-state index in [9.17, 15) is 9.18 Å². The van der Waals surface area contributed by atoms with Gasteiger partial charge < -0.3 is 0 Å². The minimum absolute atomic E-state index is 0.0197. The highest BCUT2D eigenvalue weighted by Gasteiger charge is 2.19. The summed E-state index contributed by atoms with van der Waals surface area (Å²) in [5.74, 6) is 0.271. The highest BCUT2D eigenvalue weighted by atomic mass is 19.1. The fourth-order valence-electron chi connectivity index (χ4n) is 4.31. The number of halogens is 1. The predicted octanol–water partition coefficient (Wildman–Crippen LogP) is 3.52. The molecule has 0 radical (unpaired) electrons. The van der Waals surface area contributed by atoms with Gasteiger partial charge in [-0.25, -0.2) is 19.0 Å². The van der Waals surface area contributed by atoms with E-state index >= 15 is 0 Å². The summed E-state index contributed by atoms with van der Waals surface area (Å²) in [4.78, 5) is 21.5. The van der Waals surface area contributed by atoms with Gasteiger partial charge in [-0.3, -0.25) is 15.0 Å². The molecule has 1 aliphatic rings. The Kier molecular flexibility index (Phi) is 4.97. The van der Waals surface area contributed by atoms with E-state index in [0.717, 1.165) is 71.6 Å². The number of nitrogens with zero attached hydrogens (tertiary/aromatic N) is 4. The molecule has 4 aromatic rings. The van der Waals surface area contributed by atoms with E-state index in [1.807, 2.05) is 6.07 Å². The second-order valence-corrected chi connectivity index (χ2v) is 7.85. The minimum atomic E-state index is -0.271. The molecule has 7 nitrogen and oxygen atoms in total. The summed E-state index contributed by atoms with van der Waals surface area (Å²) < 4.78 is 14.8. The van der Waals surface area contributed by atoms with Crippen LogP contribution in [0.3, 0.4) is 0 Å². The lowest BCUT2D eigenvalue weighted by molar-refractivity contribution is 0.628. The summed E-state index contributed by atoms with van der Waals surface area (Å²) in [5, 5.41) is 10.8. The molecule has 0 saturated carbocycles. The summed E-state index contributed by atoms with van der Waals surface area (Å²) in [6, 6.07) is 8.18. The van der Waals surface area contributed by atoms with Gasteiger partial charge in [0.1, 0.15) is 12.1 Å². The number of aromatic amines is 2. The van der Waals surface area contributed by atoms with Crippen LogP contribution in [0.5, 0.6) is 0 Å². The van der Waals surface area contributed by atoms with Crippen molar-refractivity contribution < 1.29 is 4.39 Å². The van der Waals surface area contributed by atoms with Gasteiger partial charge in [-0.2, -0.15) is 5.10 Å². The molecular formula is C23H23FN6O. The zero-order valence-electron chi connectivity index (χ0n) is 17.3. The summed E-state index contributed by atoms with van der Waals surface area (Å²) in [6.07, 6.45) is 6.65. The van der Waals surface area contributed by atoms with Crippen LogP contribution in [0.1, 0.15) is 48.0 Å². The van der Waals surface area contributed by atoms with E-state index in [0.29, 0.717) is 12.2 Å². The Balaban J connectivity index is 1.46. The number of rotatable bonds is 5. The largest absolute Gasteiger partial charge is 0.293 e. The second kappa shape index (κ2) is 7.94. The van der Waals surface area contributed by atoms with E-state index in [2.05, 4.69) is 32.2 Å². The van der Waals surface area contributed by atoms with Gasteiger partial charge in [-0.15, -0.1) is 0 Å². The van der Waals surface area contributed by atoms with E-state index in [1.54, 1.807) is 12.1 Å². The van der Waals surface area contributed by atoms with Gasteiger partial charge in [-0.05, 0) is 56.4 Å². The van der Waals surface area contributed by atoms with E-state index in [-0.39, 0.29) is 11.4 Å². The first-order chi connectivity index (χ1) is 15.1. The minimum Gasteiger partial charge on any atom is -0.293 e. The van der Waals surface area contributed by atoms with E-state index < -0.39 is 0 Å². The molecule has 3 aromatic heterocycles. The molecule has 0 unspecified atom stereocenters. The van der Waals surface area contributed by atoms with Crippen molar-refractivity contribution in [1.29, 1.82) is 0 Å². The van der Waals surface area contributed by atoms with Crippen LogP contribution in [0, 0.1) is 5.82 Å². The normalized spacial score (nSPS) is 13.4. The first kappa shape index (κ1) is 19.4. The van der Waals surface area contributed by atoms with Gasteiger partial charge in [0.15, 0.2) is 5.82 Å². The van der Waals surface area contributed by atoms with Crippen LogP contribution >= 0.6 is 0 Å². The Labute approximate surface area is 178 Å². The lowest BCUT2D eigenvalue weighted by Gasteiger charge is -2.07. The third-order valence-electron chi connectivity index (χ3n) is 5.90. The maximum absolute atomic E-state index is 13.3. The molecular weight excluding hydrogens is 395 g/mol. The fourth-order valence-corrected chi connectivity index (χ4v) is 4.31. The van der Waals surface area contributed by atoms with Gasteiger partial charge in [0.05, 0.1) is 11.4 Å². The third-order valence-corrected chi connectivity index (χ3v) is 5.90. The Morgan fingerprint density at radius 3 is 2.71 bits per heavy atom. The molecule has 0 bridgehead atoms. The number of fused-ring (bicyclic) bond motifs is 1. The highest BCUT2D eigenvalue weighted by Crippen LogP contribution is 2.26. The van der Waals surface area contributed by atoms with Crippen LogP contribution in [0.2, 0.25) is 0 Å². The predicted molar refractivity (Wildman–Crippen MR) is 115 cm³/mol. The van der Waals surface area contributed by atoms with Crippen LogP contribution < -0.4 is 5.56 Å². The lowest BCUT2D eigenvalue weighted by Crippen LogP contribution is -2.19. The third kappa shape index (κ3) is 3.58. The monoisotopic (exact) mass is 418 g/mol. The van der Waals surface area contributed by atoms with Gasteiger partial charge in [0.25, 0.3) is 5.56 Å². The van der Waals surface area contributed by atoms with Crippen molar-refractivity contribution in [2.75, 3.05) is 0 Å². The van der Waals surface area contributed by atoms with Crippen molar-refractivity contribution in [1.82, 2.24) is 29.9 Å². The zero-order chi connectivity index (χ0) is 21.4. The summed E-state index contributed by atoms with van der Waals surface area (Å²) >= 11 is 0. The maximum atomic E-state index is 13.3. The van der Waals surface area contributed by atoms with Crippen molar-refractivity contribution >= 4 is 0 Å². The average Bonchev–Trinajstić information content (AvgIpc) is 3.35. The molecule has 1 aliphatic carbocycles. The number of nitrogens with one attached hydrogen (secondary N) is 2. The second-order valence-electron chi connectivity index (χ2n) is 7.85. The molecule has 1 aromatic carbocycles. The quantitative estimate of drug-likeness (QED) is 0.519. The van der Waals surface area contributed by atoms with Crippen LogP contribution in [-0.2, 0) is 25.7 Å². The Hall–Kier alpha value is -3.55. The van der Waals surface area contributed by atoms with Crippen LogP contribution in [0.4, 0.5) is 4.39 Å². The van der Waals surface area contributed by atoms with Crippen molar-refractivity contribution in [3.8, 4) is 17.1 Å². The van der Waals surface area contributed by atoms with Gasteiger partial charge >= 0.3 is 0 Å². The first-order valence-corrected chi connectivity index (χ1v) is 10.6. The van der Waals surface area contributed by atoms with Gasteiger partial charge in [-0.1, -0.05) is 6.92 Å². The molecule has 0 saturated heterocycles. The highest BCUT2D eigenvalue weighted by molar-refractivity contribution is 5.64. The fraction of sp³-hybridized carbons (Fsp3) is 0.304. The molecule has 0 aliphatic heterocycles. The topological polar surface area (TPSA) is 92.2 Å². The number of aryl methyl sites for hydroxylation is 1. The van der Waals surface area contributed by atoms with Crippen LogP contribution in [0.15, 0.2) is 41.5 Å². The van der Waals surface area contributed by atoms with Crippen molar-refractivity contribution in [3.05, 3.63) is 81.0 Å².